The van der Waals surface area contributed by atoms with Crippen molar-refractivity contribution in [2.75, 3.05) is 0 Å². The molecule has 0 fully saturated rings. The molecule has 1 aromatic carbocycles. The van der Waals surface area contributed by atoms with Gasteiger partial charge in [-0.3, -0.25) is 4.79 Å². The molecule has 0 aliphatic heterocycles. The first-order chi connectivity index (χ1) is 8.54. The van der Waals surface area contributed by atoms with Gasteiger partial charge in [0.2, 0.25) is 12.3 Å². The molecule has 2 nitrogen and oxygen atoms in total. The normalized spacial score (nSPS) is 10.4. The minimum absolute atomic E-state index is 0.0648. The van der Waals surface area contributed by atoms with Crippen molar-refractivity contribution in [3.05, 3.63) is 63.1 Å². The number of ketones is 1. The van der Waals surface area contributed by atoms with Gasteiger partial charge in [-0.1, -0.05) is 0 Å². The molecule has 0 saturated carbocycles. The fraction of sp³-hybridized carbons (Fsp3) is 0.0769. The van der Waals surface area contributed by atoms with E-state index in [9.17, 15) is 9.18 Å². The molecule has 18 heavy (non-hydrogen) atoms. The number of hydrogen-bond donors (Lipinski definition) is 0. The van der Waals surface area contributed by atoms with Gasteiger partial charge in [-0.25, -0.2) is 4.39 Å². The van der Waals surface area contributed by atoms with Crippen LogP contribution in [0, 0.1) is 5.82 Å². The van der Waals surface area contributed by atoms with Gasteiger partial charge < -0.3 is 0 Å². The summed E-state index contributed by atoms with van der Waals surface area (Å²) in [5, 5.41) is 0. The van der Waals surface area contributed by atoms with Crippen LogP contribution in [-0.2, 0) is 6.54 Å². The molecular weight excluding hydrogens is 365 g/mol. The molecule has 92 valence electrons. The lowest BCUT2D eigenvalue weighted by molar-refractivity contribution is -0.684. The molecule has 0 aliphatic carbocycles. The number of Topliss-reactive ketones (excluding diaryl/α,β-unsaturated/α-hetero) is 1. The molecule has 0 atom stereocenters. The fourth-order valence-electron chi connectivity index (χ4n) is 1.54. The summed E-state index contributed by atoms with van der Waals surface area (Å²) in [6.07, 6.45) is 3.62. The summed E-state index contributed by atoms with van der Waals surface area (Å²) in [7, 11) is 0. The summed E-state index contributed by atoms with van der Waals surface area (Å²) in [5.74, 6) is -0.408. The first-order valence-corrected chi connectivity index (χ1v) is 6.77. The van der Waals surface area contributed by atoms with Crippen LogP contribution < -0.4 is 4.57 Å². The topological polar surface area (TPSA) is 20.9 Å². The maximum atomic E-state index is 12.8. The van der Waals surface area contributed by atoms with Crippen molar-refractivity contribution in [2.24, 2.45) is 0 Å². The number of aromatic nitrogens is 1. The van der Waals surface area contributed by atoms with E-state index in [2.05, 4.69) is 31.9 Å². The van der Waals surface area contributed by atoms with Gasteiger partial charge in [-0.05, 0) is 62.2 Å². The number of benzene rings is 1. The third-order valence-electron chi connectivity index (χ3n) is 2.35. The lowest BCUT2D eigenvalue weighted by Gasteiger charge is -1.99. The minimum atomic E-state index is -0.343. The van der Waals surface area contributed by atoms with E-state index in [1.165, 1.54) is 24.3 Å². The van der Waals surface area contributed by atoms with E-state index in [4.69, 9.17) is 0 Å². The summed E-state index contributed by atoms with van der Waals surface area (Å²) in [5.41, 5.74) is 0.500. The van der Waals surface area contributed by atoms with Crippen molar-refractivity contribution in [1.82, 2.24) is 0 Å². The number of carbonyl (C=O) groups excluding carboxylic acids is 1. The Morgan fingerprint density at radius 1 is 1.11 bits per heavy atom. The van der Waals surface area contributed by atoms with Crippen molar-refractivity contribution < 1.29 is 13.8 Å². The standard InChI is InChI=1S/C13H9Br2FNO/c14-10-5-11(15)7-17(6-10)8-13(18)9-1-3-12(16)4-2-9/h1-7H,8H2/q+1. The number of halogens is 3. The molecule has 1 aromatic heterocycles. The van der Waals surface area contributed by atoms with Crippen LogP contribution >= 0.6 is 31.9 Å². The molecule has 2 aromatic rings. The molecular formula is C13H9Br2FNO+. The Labute approximate surface area is 121 Å². The Balaban J connectivity index is 2.18. The Bertz CT molecular complexity index is 564. The number of rotatable bonds is 3. The highest BCUT2D eigenvalue weighted by atomic mass is 79.9. The highest BCUT2D eigenvalue weighted by molar-refractivity contribution is 9.11. The largest absolute Gasteiger partial charge is 0.287 e. The summed E-state index contributed by atoms with van der Waals surface area (Å²) in [6.45, 7) is 0.212. The van der Waals surface area contributed by atoms with Crippen LogP contribution in [0.1, 0.15) is 10.4 Å². The highest BCUT2D eigenvalue weighted by Gasteiger charge is 2.13. The average molecular weight is 374 g/mol. The van der Waals surface area contributed by atoms with E-state index in [1.807, 2.05) is 18.5 Å². The quantitative estimate of drug-likeness (QED) is 0.595. The second-order valence-corrected chi connectivity index (χ2v) is 5.61. The summed E-state index contributed by atoms with van der Waals surface area (Å²) in [6, 6.07) is 7.44. The number of carbonyl (C=O) groups is 1. The van der Waals surface area contributed by atoms with Crippen molar-refractivity contribution >= 4 is 37.6 Å². The first kappa shape index (κ1) is 13.4. The zero-order valence-corrected chi connectivity index (χ0v) is 12.4. The minimum Gasteiger partial charge on any atom is -0.287 e. The smallest absolute Gasteiger partial charge is 0.227 e. The number of nitrogens with zero attached hydrogens (tertiary/aromatic N) is 1. The van der Waals surface area contributed by atoms with Crippen LogP contribution in [-0.4, -0.2) is 5.78 Å². The Morgan fingerprint density at radius 2 is 1.67 bits per heavy atom. The predicted octanol–water partition coefficient (Wildman–Crippen LogP) is 3.52. The number of hydrogen-bond acceptors (Lipinski definition) is 1. The number of pyridine rings is 1. The SMILES string of the molecule is O=C(C[n+]1cc(Br)cc(Br)c1)c1ccc(F)cc1. The molecule has 0 spiro atoms. The molecule has 0 saturated heterocycles. The van der Waals surface area contributed by atoms with Gasteiger partial charge in [0, 0.05) is 5.56 Å². The summed E-state index contributed by atoms with van der Waals surface area (Å²) < 4.78 is 16.3. The fourth-order valence-corrected chi connectivity index (χ4v) is 2.87. The van der Waals surface area contributed by atoms with Crippen LogP contribution in [0.2, 0.25) is 0 Å². The molecule has 5 heteroatoms. The van der Waals surface area contributed by atoms with Crippen LogP contribution in [0.5, 0.6) is 0 Å². The lowest BCUT2D eigenvalue weighted by atomic mass is 10.1. The second-order valence-electron chi connectivity index (χ2n) is 3.77. The van der Waals surface area contributed by atoms with E-state index in [1.54, 1.807) is 4.57 Å². The molecule has 0 unspecified atom stereocenters. The zero-order chi connectivity index (χ0) is 13.1. The third kappa shape index (κ3) is 3.46. The Morgan fingerprint density at radius 3 is 2.22 bits per heavy atom. The monoisotopic (exact) mass is 372 g/mol. The van der Waals surface area contributed by atoms with Crippen LogP contribution in [0.4, 0.5) is 4.39 Å². The first-order valence-electron chi connectivity index (χ1n) is 5.18. The van der Waals surface area contributed by atoms with E-state index < -0.39 is 0 Å². The van der Waals surface area contributed by atoms with Gasteiger partial charge in [0.1, 0.15) is 5.82 Å². The molecule has 0 radical (unpaired) electrons. The van der Waals surface area contributed by atoms with Crippen molar-refractivity contribution in [2.45, 2.75) is 6.54 Å². The average Bonchev–Trinajstić information content (AvgIpc) is 2.28. The molecule has 1 heterocycles. The Hall–Kier alpha value is -1.07. The van der Waals surface area contributed by atoms with Gasteiger partial charge in [0.15, 0.2) is 12.4 Å². The van der Waals surface area contributed by atoms with Crippen LogP contribution in [0.3, 0.4) is 0 Å². The molecule has 0 aliphatic rings. The van der Waals surface area contributed by atoms with E-state index in [0.29, 0.717) is 5.56 Å². The van der Waals surface area contributed by atoms with Gasteiger partial charge in [0.05, 0.1) is 8.95 Å². The van der Waals surface area contributed by atoms with Gasteiger partial charge >= 0.3 is 0 Å². The van der Waals surface area contributed by atoms with Crippen LogP contribution in [0.15, 0.2) is 51.7 Å². The van der Waals surface area contributed by atoms with Gasteiger partial charge in [0.25, 0.3) is 0 Å². The van der Waals surface area contributed by atoms with Crippen LogP contribution in [0.25, 0.3) is 0 Å². The Kier molecular flexibility index (Phi) is 4.24. The van der Waals surface area contributed by atoms with Crippen molar-refractivity contribution in [3.63, 3.8) is 0 Å². The van der Waals surface area contributed by atoms with Crippen molar-refractivity contribution in [3.8, 4) is 0 Å². The molecule has 0 bridgehead atoms. The second kappa shape index (κ2) is 5.71. The van der Waals surface area contributed by atoms with Crippen molar-refractivity contribution in [1.29, 1.82) is 0 Å². The lowest BCUT2D eigenvalue weighted by Crippen LogP contribution is -2.37. The molecule has 0 amide bonds. The van der Waals surface area contributed by atoms with Gasteiger partial charge in [-0.15, -0.1) is 0 Å². The molecule has 0 N–H and O–H groups in total. The van der Waals surface area contributed by atoms with Gasteiger partial charge in [-0.2, -0.15) is 4.57 Å². The maximum Gasteiger partial charge on any atom is 0.227 e. The maximum absolute atomic E-state index is 12.8. The predicted molar refractivity (Wildman–Crippen MR) is 72.8 cm³/mol. The highest BCUT2D eigenvalue weighted by Crippen LogP contribution is 2.13. The summed E-state index contributed by atoms with van der Waals surface area (Å²) in [4.78, 5) is 12.0. The third-order valence-corrected chi connectivity index (χ3v) is 3.21. The zero-order valence-electron chi connectivity index (χ0n) is 9.24. The van der Waals surface area contributed by atoms with E-state index in [0.717, 1.165) is 8.95 Å². The van der Waals surface area contributed by atoms with E-state index in [-0.39, 0.29) is 18.1 Å². The van der Waals surface area contributed by atoms with E-state index >= 15 is 0 Å². The molecule has 2 rings (SSSR count). The summed E-state index contributed by atoms with van der Waals surface area (Å²) >= 11 is 6.71.